The number of benzene rings is 5. The van der Waals surface area contributed by atoms with Crippen LogP contribution in [-0.4, -0.2) is 39.8 Å². The second kappa shape index (κ2) is 28.0. The molecule has 0 atom stereocenters. The Kier molecular flexibility index (Phi) is 17.6. The third kappa shape index (κ3) is 18.2. The van der Waals surface area contributed by atoms with E-state index in [1.54, 1.807) is 34.7 Å². The van der Waals surface area contributed by atoms with Crippen LogP contribution >= 0.6 is 0 Å². The molecule has 0 aliphatic heterocycles. The fourth-order valence-corrected chi connectivity index (χ4v) is 19.5. The van der Waals surface area contributed by atoms with E-state index in [1.807, 2.05) is 122 Å². The molecule has 0 N–H and O–H groups in total. The van der Waals surface area contributed by atoms with Gasteiger partial charge in [0.2, 0.25) is 5.69 Å². The Balaban J connectivity index is 0.000000208. The summed E-state index contributed by atoms with van der Waals surface area (Å²) in [6.45, 7) is 13.6. The molecule has 0 saturated carbocycles. The molecule has 4 heterocycles. The Morgan fingerprint density at radius 3 is 1.27 bits per heavy atom. The number of hydrogen-bond donors (Lipinski definition) is 0. The van der Waals surface area contributed by atoms with E-state index < -0.39 is 72.1 Å². The molecule has 4 aromatic heterocycles. The van der Waals surface area contributed by atoms with Gasteiger partial charge < -0.3 is 0 Å². The molecule has 0 aliphatic carbocycles. The van der Waals surface area contributed by atoms with Gasteiger partial charge in [0.05, 0.1) is 0 Å². The summed E-state index contributed by atoms with van der Waals surface area (Å²) < 4.78 is 100. The molecule has 446 valence electrons. The summed E-state index contributed by atoms with van der Waals surface area (Å²) in [6, 6.07) is 44.3. The van der Waals surface area contributed by atoms with Crippen LogP contribution in [0.2, 0.25) is 51.8 Å². The van der Waals surface area contributed by atoms with Crippen LogP contribution in [0.15, 0.2) is 158 Å². The Bertz CT molecular complexity index is 4210. The predicted octanol–water partition coefficient (Wildman–Crippen LogP) is 16.7. The molecule has 0 saturated heterocycles. The SMILES string of the molecule is Cc1ccccc1-c1cc[c]([Ge]([CH3])([CH3])[CH3])c[n+]1C.[2H]C([2H])([2H])c1cc(C)c(-c2cc(C)c(C([2H])([2H])C(C)(C)C)c[n+]2C)cc1-c1ccc(C)cc1.[2H]C([2H])([2H])c1ccc(-c2cc(C)[c]([Ge]([CH3])([CH3])[CH3])c[n+]2C)c(C)c1.[2H]C([2H])([2H])c1ccc(-c2cc[c]([Ge]([CH3])([CH3])[CH3])c[n+]2C)c(C)c1. The van der Waals surface area contributed by atoms with Gasteiger partial charge in [-0.3, -0.25) is 0 Å². The van der Waals surface area contributed by atoms with Crippen LogP contribution in [0, 0.1) is 74.4 Å². The predicted molar refractivity (Wildman–Crippen MR) is 377 cm³/mol. The zero-order valence-electron chi connectivity index (χ0n) is 66.8. The molecule has 0 spiro atoms. The molecule has 9 rings (SSSR count). The van der Waals surface area contributed by atoms with Crippen LogP contribution in [0.3, 0.4) is 0 Å². The molecule has 0 amide bonds. The van der Waals surface area contributed by atoms with Gasteiger partial charge in [0.15, 0.2) is 6.20 Å². The molecule has 0 aliphatic rings. The van der Waals surface area contributed by atoms with E-state index >= 15 is 0 Å². The van der Waals surface area contributed by atoms with Crippen molar-refractivity contribution in [2.75, 3.05) is 0 Å². The molecule has 0 unspecified atom stereocenters. The maximum absolute atomic E-state index is 8.72. The summed E-state index contributed by atoms with van der Waals surface area (Å²) in [7, 11) is 8.20. The van der Waals surface area contributed by atoms with Crippen molar-refractivity contribution in [1.82, 2.24) is 0 Å². The van der Waals surface area contributed by atoms with Crippen molar-refractivity contribution >= 4 is 53.0 Å². The first-order valence-electron chi connectivity index (χ1n) is 35.4. The summed E-state index contributed by atoms with van der Waals surface area (Å²) in [6.07, 6.45) is 7.19. The quantitative estimate of drug-likeness (QED) is 0.101. The monoisotopic (exact) mass is 1330 g/mol. The number of hydrogen-bond acceptors (Lipinski definition) is 0. The summed E-state index contributed by atoms with van der Waals surface area (Å²) in [4.78, 5) is 0. The van der Waals surface area contributed by atoms with Gasteiger partial charge in [-0.25, -0.2) is 4.57 Å². The van der Waals surface area contributed by atoms with Crippen LogP contribution in [0.25, 0.3) is 56.2 Å². The van der Waals surface area contributed by atoms with Gasteiger partial charge in [-0.05, 0) is 73.3 Å². The van der Waals surface area contributed by atoms with Gasteiger partial charge in [-0.1, -0.05) is 56.7 Å². The first-order valence-corrected chi connectivity index (χ1v) is 51.9. The van der Waals surface area contributed by atoms with Gasteiger partial charge in [0, 0.05) is 24.0 Å². The van der Waals surface area contributed by atoms with Crippen molar-refractivity contribution in [3.8, 4) is 56.2 Å². The Hall–Kier alpha value is -5.67. The van der Waals surface area contributed by atoms with E-state index in [0.717, 1.165) is 67.2 Å². The van der Waals surface area contributed by atoms with Gasteiger partial charge in [0.25, 0.3) is 0 Å². The van der Waals surface area contributed by atoms with Crippen molar-refractivity contribution in [2.24, 2.45) is 33.6 Å². The standard InChI is InChI=1S/C27H34N.C18H26GeN.C17H24GeN.C16H22GeN/c1-18-9-11-22(12-10-18)24-15-25(21(4)13-20(24)3)26-14-19(2)23(17-28(26)8)16-27(5,6)7;1-13-8-9-16(14(2)10-13)18-11-15(3)17(12-20(18)7)19(4,5)6;1-13-7-9-16(14(2)11-13)17-10-8-15(12-19(17)6)18(3,4)5;1-13-8-6-7-9-15(13)16-11-10-14(12-18(16)5)17(2,3)4/h9-15,17H,16H2,1-8H3;8-12H,1-7H3;7-12H,1-6H3;6-12H,1-5H3/q4*+1/i3D3,16D2;2*1D3;. The van der Waals surface area contributed by atoms with Crippen molar-refractivity contribution in [1.29, 1.82) is 0 Å². The second-order valence-electron chi connectivity index (χ2n) is 27.6. The van der Waals surface area contributed by atoms with Crippen molar-refractivity contribution < 1.29 is 33.3 Å². The Morgan fingerprint density at radius 1 is 0.365 bits per heavy atom. The van der Waals surface area contributed by atoms with Crippen molar-refractivity contribution in [2.45, 2.75) is 148 Å². The average Bonchev–Trinajstić information content (AvgIpc) is 0.763. The molecule has 0 bridgehead atoms. The number of pyridine rings is 4. The van der Waals surface area contributed by atoms with Crippen LogP contribution in [0.5, 0.6) is 0 Å². The average molecular weight is 1330 g/mol. The first kappa shape index (κ1) is 53.6. The number of rotatable bonds is 9. The molecular formula is C78H106Ge3N4+4. The van der Waals surface area contributed by atoms with Crippen LogP contribution < -0.4 is 31.5 Å². The second-order valence-corrected chi connectivity index (χ2v) is 59.5. The van der Waals surface area contributed by atoms with E-state index in [9.17, 15) is 0 Å². The van der Waals surface area contributed by atoms with E-state index in [-0.39, 0.29) is 0 Å². The van der Waals surface area contributed by atoms with E-state index in [1.165, 1.54) is 31.2 Å². The van der Waals surface area contributed by atoms with E-state index in [2.05, 4.69) is 174 Å². The van der Waals surface area contributed by atoms with Crippen LogP contribution in [0.1, 0.15) is 97.0 Å². The molecule has 9 aromatic rings. The summed E-state index contributed by atoms with van der Waals surface area (Å²) >= 11 is -5.45. The molecule has 4 nitrogen and oxygen atoms in total. The summed E-state index contributed by atoms with van der Waals surface area (Å²) in [5.41, 5.74) is 19.3. The molecule has 7 heteroatoms. The Labute approximate surface area is 540 Å². The van der Waals surface area contributed by atoms with Crippen LogP contribution in [0.4, 0.5) is 0 Å². The number of nitrogens with zero attached hydrogens (tertiary/aromatic N) is 4. The third-order valence-corrected chi connectivity index (χ3v) is 28.7. The zero-order chi connectivity index (χ0) is 72.6. The molecule has 0 fully saturated rings. The fraction of sp³-hybridized carbons (Fsp3) is 0.359. The summed E-state index contributed by atoms with van der Waals surface area (Å²) in [5, 5.41) is 0. The van der Waals surface area contributed by atoms with Crippen LogP contribution in [-0.2, 0) is 34.6 Å². The topological polar surface area (TPSA) is 15.5 Å². The molecule has 5 aromatic carbocycles. The maximum atomic E-state index is 8.72. The van der Waals surface area contributed by atoms with Gasteiger partial charge in [0.1, 0.15) is 7.05 Å². The Morgan fingerprint density at radius 2 is 0.812 bits per heavy atom. The minimum atomic E-state index is -2.23. The first-order chi connectivity index (χ1) is 43.8. The molecule has 0 radical (unpaired) electrons. The number of aryl methyl sites for hydroxylation is 14. The van der Waals surface area contributed by atoms with Gasteiger partial charge in [-0.2, -0.15) is 0 Å². The zero-order valence-corrected chi connectivity index (χ0v) is 62.1. The van der Waals surface area contributed by atoms with Gasteiger partial charge >= 0.3 is 366 Å². The minimum absolute atomic E-state index is 0.340. The fourth-order valence-electron chi connectivity index (χ4n) is 10.7. The normalized spacial score (nSPS) is 14.2. The molecular weight excluding hydrogens is 1210 g/mol. The van der Waals surface area contributed by atoms with E-state index in [0.29, 0.717) is 27.8 Å². The van der Waals surface area contributed by atoms with E-state index in [4.69, 9.17) is 15.1 Å². The number of aromatic nitrogens is 4. The van der Waals surface area contributed by atoms with Crippen molar-refractivity contribution in [3.63, 3.8) is 0 Å². The van der Waals surface area contributed by atoms with Gasteiger partial charge in [-0.15, -0.1) is 0 Å². The molecule has 85 heavy (non-hydrogen) atoms. The van der Waals surface area contributed by atoms with Crippen molar-refractivity contribution in [3.05, 3.63) is 219 Å². The summed E-state index contributed by atoms with van der Waals surface area (Å²) in [5.74, 6) is 21.6. The third-order valence-electron chi connectivity index (χ3n) is 15.7.